The van der Waals surface area contributed by atoms with Crippen molar-refractivity contribution in [3.05, 3.63) is 72.0 Å². The molecule has 3 rings (SSSR count). The van der Waals surface area contributed by atoms with Crippen LogP contribution < -0.4 is 0 Å². The molecule has 3 heteroatoms. The van der Waals surface area contributed by atoms with E-state index in [-0.39, 0.29) is 5.56 Å². The molecule has 0 aliphatic rings. The lowest BCUT2D eigenvalue weighted by Gasteiger charge is -2.09. The molecule has 3 aromatic carbocycles. The van der Waals surface area contributed by atoms with Crippen LogP contribution in [0.3, 0.4) is 0 Å². The summed E-state index contributed by atoms with van der Waals surface area (Å²) in [6.45, 7) is 0. The fraction of sp³-hybridized carbons (Fsp3) is 0. The normalized spacial score (nSPS) is 10.7. The minimum atomic E-state index is -1.06. The van der Waals surface area contributed by atoms with Crippen LogP contribution in [-0.2, 0) is 0 Å². The van der Waals surface area contributed by atoms with Crippen LogP contribution in [0.1, 0.15) is 10.4 Å². The number of rotatable bonds is 2. The highest BCUT2D eigenvalue weighted by molar-refractivity contribution is 5.98. The molecule has 0 aliphatic heterocycles. The molecule has 0 aliphatic carbocycles. The van der Waals surface area contributed by atoms with Crippen molar-refractivity contribution in [1.29, 1.82) is 0 Å². The van der Waals surface area contributed by atoms with E-state index in [1.165, 1.54) is 18.2 Å². The number of hydrogen-bond donors (Lipinski definition) is 1. The molecule has 0 saturated heterocycles. The van der Waals surface area contributed by atoms with E-state index in [0.717, 1.165) is 10.8 Å². The molecule has 2 nitrogen and oxygen atoms in total. The second kappa shape index (κ2) is 4.78. The van der Waals surface area contributed by atoms with Crippen molar-refractivity contribution in [3.8, 4) is 11.1 Å². The Labute approximate surface area is 115 Å². The third-order valence-electron chi connectivity index (χ3n) is 3.29. The smallest absolute Gasteiger partial charge is 0.335 e. The van der Waals surface area contributed by atoms with Gasteiger partial charge in [-0.15, -0.1) is 0 Å². The van der Waals surface area contributed by atoms with Crippen LogP contribution in [0, 0.1) is 5.82 Å². The van der Waals surface area contributed by atoms with Gasteiger partial charge in [0.05, 0.1) is 5.56 Å². The average Bonchev–Trinajstić information content (AvgIpc) is 2.47. The minimum Gasteiger partial charge on any atom is -0.478 e. The Bertz CT molecular complexity index is 804. The zero-order valence-corrected chi connectivity index (χ0v) is 10.5. The summed E-state index contributed by atoms with van der Waals surface area (Å²) < 4.78 is 14.1. The first-order valence-corrected chi connectivity index (χ1v) is 6.18. The Balaban J connectivity index is 2.30. The maximum Gasteiger partial charge on any atom is 0.335 e. The van der Waals surface area contributed by atoms with Gasteiger partial charge in [0, 0.05) is 5.56 Å². The zero-order valence-electron chi connectivity index (χ0n) is 10.5. The molecule has 1 N–H and O–H groups in total. The SMILES string of the molecule is O=C(O)c1ccc(F)c(-c2cccc3ccccc23)c1. The van der Waals surface area contributed by atoms with Gasteiger partial charge in [-0.2, -0.15) is 0 Å². The van der Waals surface area contributed by atoms with Crippen LogP contribution in [0.25, 0.3) is 21.9 Å². The predicted octanol–water partition coefficient (Wildman–Crippen LogP) is 4.34. The van der Waals surface area contributed by atoms with Crippen LogP contribution in [0.15, 0.2) is 60.7 Å². The topological polar surface area (TPSA) is 37.3 Å². The number of carboxylic acids is 1. The summed E-state index contributed by atoms with van der Waals surface area (Å²) in [4.78, 5) is 11.0. The van der Waals surface area contributed by atoms with Gasteiger partial charge in [-0.3, -0.25) is 0 Å². The Morgan fingerprint density at radius 2 is 1.65 bits per heavy atom. The molecule has 0 radical (unpaired) electrons. The highest BCUT2D eigenvalue weighted by atomic mass is 19.1. The van der Waals surface area contributed by atoms with Crippen molar-refractivity contribution in [2.75, 3.05) is 0 Å². The van der Waals surface area contributed by atoms with Gasteiger partial charge in [0.15, 0.2) is 0 Å². The first-order valence-electron chi connectivity index (χ1n) is 6.18. The van der Waals surface area contributed by atoms with Crippen LogP contribution in [0.2, 0.25) is 0 Å². The van der Waals surface area contributed by atoms with E-state index >= 15 is 0 Å². The molecule has 20 heavy (non-hydrogen) atoms. The number of halogens is 1. The van der Waals surface area contributed by atoms with E-state index in [1.807, 2.05) is 36.4 Å². The van der Waals surface area contributed by atoms with E-state index < -0.39 is 11.8 Å². The molecule has 0 unspecified atom stereocenters. The minimum absolute atomic E-state index is 0.0781. The lowest BCUT2D eigenvalue weighted by Crippen LogP contribution is -1.97. The largest absolute Gasteiger partial charge is 0.478 e. The van der Waals surface area contributed by atoms with Crippen molar-refractivity contribution < 1.29 is 14.3 Å². The molecule has 0 fully saturated rings. The molecular formula is C17H11FO2. The number of hydrogen-bond acceptors (Lipinski definition) is 1. The molecule has 0 saturated carbocycles. The molecule has 0 amide bonds. The molecule has 0 aromatic heterocycles. The molecule has 0 heterocycles. The number of aromatic carboxylic acids is 1. The summed E-state index contributed by atoms with van der Waals surface area (Å²) in [5.41, 5.74) is 1.08. The second-order valence-electron chi connectivity index (χ2n) is 4.53. The number of carbonyl (C=O) groups is 1. The number of benzene rings is 3. The van der Waals surface area contributed by atoms with Crippen molar-refractivity contribution >= 4 is 16.7 Å². The van der Waals surface area contributed by atoms with Crippen molar-refractivity contribution in [1.82, 2.24) is 0 Å². The Morgan fingerprint density at radius 1 is 0.900 bits per heavy atom. The first kappa shape index (κ1) is 12.4. The Morgan fingerprint density at radius 3 is 2.45 bits per heavy atom. The molecule has 98 valence electrons. The number of fused-ring (bicyclic) bond motifs is 1. The van der Waals surface area contributed by atoms with E-state index in [4.69, 9.17) is 5.11 Å². The van der Waals surface area contributed by atoms with Crippen molar-refractivity contribution in [2.24, 2.45) is 0 Å². The van der Waals surface area contributed by atoms with Gasteiger partial charge in [-0.25, -0.2) is 9.18 Å². The van der Waals surface area contributed by atoms with Gasteiger partial charge in [0.2, 0.25) is 0 Å². The van der Waals surface area contributed by atoms with E-state index in [0.29, 0.717) is 11.1 Å². The highest BCUT2D eigenvalue weighted by Gasteiger charge is 2.12. The third kappa shape index (κ3) is 2.03. The lowest BCUT2D eigenvalue weighted by atomic mass is 9.96. The van der Waals surface area contributed by atoms with E-state index in [9.17, 15) is 9.18 Å². The summed E-state index contributed by atoms with van der Waals surface area (Å²) >= 11 is 0. The quantitative estimate of drug-likeness (QED) is 0.749. The molecule has 0 bridgehead atoms. The van der Waals surface area contributed by atoms with Gasteiger partial charge in [0.1, 0.15) is 5.82 Å². The fourth-order valence-electron chi connectivity index (χ4n) is 2.32. The summed E-state index contributed by atoms with van der Waals surface area (Å²) in [7, 11) is 0. The number of carboxylic acid groups (broad SMARTS) is 1. The highest BCUT2D eigenvalue weighted by Crippen LogP contribution is 2.31. The van der Waals surface area contributed by atoms with Crippen molar-refractivity contribution in [3.63, 3.8) is 0 Å². The Kier molecular flexibility index (Phi) is 2.95. The van der Waals surface area contributed by atoms with E-state index in [1.54, 1.807) is 6.07 Å². The van der Waals surface area contributed by atoms with Gasteiger partial charge in [-0.1, -0.05) is 42.5 Å². The van der Waals surface area contributed by atoms with Gasteiger partial charge < -0.3 is 5.11 Å². The third-order valence-corrected chi connectivity index (χ3v) is 3.29. The van der Waals surface area contributed by atoms with Gasteiger partial charge in [-0.05, 0) is 34.5 Å². The van der Waals surface area contributed by atoms with Crippen molar-refractivity contribution in [2.45, 2.75) is 0 Å². The van der Waals surface area contributed by atoms with E-state index in [2.05, 4.69) is 0 Å². The first-order chi connectivity index (χ1) is 9.66. The van der Waals surface area contributed by atoms with Crippen LogP contribution >= 0.6 is 0 Å². The monoisotopic (exact) mass is 266 g/mol. The summed E-state index contributed by atoms with van der Waals surface area (Å²) in [6.07, 6.45) is 0. The average molecular weight is 266 g/mol. The second-order valence-corrected chi connectivity index (χ2v) is 4.53. The molecule has 3 aromatic rings. The molecule has 0 spiro atoms. The maximum absolute atomic E-state index is 14.1. The summed E-state index contributed by atoms with van der Waals surface area (Å²) in [6, 6.07) is 17.1. The van der Waals surface area contributed by atoms with Crippen LogP contribution in [0.4, 0.5) is 4.39 Å². The standard InChI is InChI=1S/C17H11FO2/c18-16-9-8-12(17(19)20)10-15(16)14-7-3-5-11-4-1-2-6-13(11)14/h1-10H,(H,19,20). The summed E-state index contributed by atoms with van der Waals surface area (Å²) in [5, 5.41) is 10.9. The van der Waals surface area contributed by atoms with Crippen LogP contribution in [0.5, 0.6) is 0 Å². The maximum atomic E-state index is 14.1. The van der Waals surface area contributed by atoms with Crippen LogP contribution in [-0.4, -0.2) is 11.1 Å². The van der Waals surface area contributed by atoms with Gasteiger partial charge in [0.25, 0.3) is 0 Å². The fourth-order valence-corrected chi connectivity index (χ4v) is 2.32. The summed E-state index contributed by atoms with van der Waals surface area (Å²) in [5.74, 6) is -1.49. The van der Waals surface area contributed by atoms with Gasteiger partial charge >= 0.3 is 5.97 Å². The lowest BCUT2D eigenvalue weighted by molar-refractivity contribution is 0.0697. The Hall–Kier alpha value is -2.68. The zero-order chi connectivity index (χ0) is 14.1. The predicted molar refractivity (Wildman–Crippen MR) is 76.3 cm³/mol. The molecular weight excluding hydrogens is 255 g/mol. The molecule has 0 atom stereocenters.